The normalized spacial score (nSPS) is 15.3. The molecule has 2 aromatic carbocycles. The minimum atomic E-state index is -4.44. The molecule has 1 atom stereocenters. The third-order valence-corrected chi connectivity index (χ3v) is 4.52. The van der Waals surface area contributed by atoms with Crippen molar-refractivity contribution in [3.05, 3.63) is 59.7 Å². The Morgan fingerprint density at radius 2 is 1.89 bits per heavy atom. The molecular formula is C20H21F3N2O2. The molecule has 4 nitrogen and oxygen atoms in total. The lowest BCUT2D eigenvalue weighted by atomic mass is 10.0. The summed E-state index contributed by atoms with van der Waals surface area (Å²) in [5.74, 6) is 0.837. The Labute approximate surface area is 155 Å². The van der Waals surface area contributed by atoms with Crippen molar-refractivity contribution >= 4 is 11.6 Å². The van der Waals surface area contributed by atoms with Crippen LogP contribution in [0.4, 0.5) is 18.9 Å². The molecule has 7 heteroatoms. The summed E-state index contributed by atoms with van der Waals surface area (Å²) in [6.45, 7) is 0.0173. The van der Waals surface area contributed by atoms with Gasteiger partial charge in [-0.1, -0.05) is 18.2 Å². The number of hydrogen-bond donors (Lipinski definition) is 2. The molecule has 0 spiro atoms. The standard InChI is InChI=1S/C20H21F3N2O2/c1-27-17-9-7-14(8-10-17)19(13-5-6-13)24-12-18(26)25-16-4-2-3-15(11-16)20(21,22)23/h2-4,7-11,13,19,24H,5-6,12H2,1H3,(H,25,26). The van der Waals surface area contributed by atoms with Crippen molar-refractivity contribution in [2.24, 2.45) is 5.92 Å². The molecule has 27 heavy (non-hydrogen) atoms. The Morgan fingerprint density at radius 1 is 1.19 bits per heavy atom. The highest BCUT2D eigenvalue weighted by Gasteiger charge is 2.32. The van der Waals surface area contributed by atoms with Crippen LogP contribution in [0.1, 0.15) is 30.0 Å². The molecule has 2 aromatic rings. The number of carbonyl (C=O) groups excluding carboxylic acids is 1. The lowest BCUT2D eigenvalue weighted by Crippen LogP contribution is -2.32. The van der Waals surface area contributed by atoms with Gasteiger partial charge in [0.2, 0.25) is 5.91 Å². The van der Waals surface area contributed by atoms with Crippen LogP contribution < -0.4 is 15.4 Å². The summed E-state index contributed by atoms with van der Waals surface area (Å²) in [6.07, 6.45) is -2.28. The van der Waals surface area contributed by atoms with Crippen molar-refractivity contribution in [3.8, 4) is 5.75 Å². The predicted octanol–water partition coefficient (Wildman–Crippen LogP) is 4.39. The molecule has 1 saturated carbocycles. The molecule has 2 N–H and O–H groups in total. The molecule has 0 aliphatic heterocycles. The number of benzene rings is 2. The van der Waals surface area contributed by atoms with E-state index in [1.807, 2.05) is 24.3 Å². The van der Waals surface area contributed by atoms with Crippen LogP contribution in [-0.4, -0.2) is 19.6 Å². The van der Waals surface area contributed by atoms with Crippen LogP contribution >= 0.6 is 0 Å². The summed E-state index contributed by atoms with van der Waals surface area (Å²) in [5.41, 5.74) is 0.400. The van der Waals surface area contributed by atoms with E-state index in [2.05, 4.69) is 10.6 Å². The molecule has 1 fully saturated rings. The van der Waals surface area contributed by atoms with E-state index in [0.29, 0.717) is 5.92 Å². The fourth-order valence-electron chi connectivity index (χ4n) is 2.98. The lowest BCUT2D eigenvalue weighted by Gasteiger charge is -2.19. The molecule has 0 bridgehead atoms. The first kappa shape index (κ1) is 19.2. The van der Waals surface area contributed by atoms with Gasteiger partial charge in [-0.15, -0.1) is 0 Å². The van der Waals surface area contributed by atoms with Crippen molar-refractivity contribution in [3.63, 3.8) is 0 Å². The topological polar surface area (TPSA) is 50.4 Å². The fraction of sp³-hybridized carbons (Fsp3) is 0.350. The van der Waals surface area contributed by atoms with Crippen LogP contribution in [0.3, 0.4) is 0 Å². The van der Waals surface area contributed by atoms with Gasteiger partial charge >= 0.3 is 6.18 Å². The molecule has 1 amide bonds. The van der Waals surface area contributed by atoms with Gasteiger partial charge in [-0.2, -0.15) is 13.2 Å². The first-order valence-corrected chi connectivity index (χ1v) is 8.71. The molecule has 144 valence electrons. The average molecular weight is 378 g/mol. The Bertz CT molecular complexity index is 787. The third kappa shape index (κ3) is 5.23. The molecule has 0 saturated heterocycles. The van der Waals surface area contributed by atoms with E-state index in [0.717, 1.165) is 36.3 Å². The number of halogens is 3. The summed E-state index contributed by atoms with van der Waals surface area (Å²) in [6, 6.07) is 12.3. The molecule has 1 aliphatic carbocycles. The minimum absolute atomic E-state index is 0.0173. The Hall–Kier alpha value is -2.54. The van der Waals surface area contributed by atoms with Crippen LogP contribution in [-0.2, 0) is 11.0 Å². The van der Waals surface area contributed by atoms with Crippen molar-refractivity contribution in [2.45, 2.75) is 25.1 Å². The number of methoxy groups -OCH3 is 1. The summed E-state index contributed by atoms with van der Waals surface area (Å²) in [7, 11) is 1.60. The number of rotatable bonds is 7. The summed E-state index contributed by atoms with van der Waals surface area (Å²) in [5, 5.41) is 5.74. The second-order valence-electron chi connectivity index (χ2n) is 6.60. The Kier molecular flexibility index (Phi) is 5.70. The van der Waals surface area contributed by atoms with Crippen molar-refractivity contribution in [1.82, 2.24) is 5.32 Å². The van der Waals surface area contributed by atoms with Gasteiger partial charge in [-0.3, -0.25) is 4.79 Å². The van der Waals surface area contributed by atoms with Crippen LogP contribution in [0, 0.1) is 5.92 Å². The van der Waals surface area contributed by atoms with Gasteiger partial charge in [0.05, 0.1) is 19.2 Å². The second-order valence-corrected chi connectivity index (χ2v) is 6.60. The van der Waals surface area contributed by atoms with E-state index in [1.165, 1.54) is 12.1 Å². The largest absolute Gasteiger partial charge is 0.497 e. The summed E-state index contributed by atoms with van der Waals surface area (Å²) in [4.78, 5) is 12.2. The molecule has 1 aliphatic rings. The zero-order valence-corrected chi connectivity index (χ0v) is 14.8. The zero-order valence-electron chi connectivity index (χ0n) is 14.8. The lowest BCUT2D eigenvalue weighted by molar-refractivity contribution is -0.137. The summed E-state index contributed by atoms with van der Waals surface area (Å²) < 4.78 is 43.4. The Morgan fingerprint density at radius 3 is 2.48 bits per heavy atom. The van der Waals surface area contributed by atoms with Crippen molar-refractivity contribution in [1.29, 1.82) is 0 Å². The van der Waals surface area contributed by atoms with E-state index < -0.39 is 11.7 Å². The molecule has 0 radical (unpaired) electrons. The third-order valence-electron chi connectivity index (χ3n) is 4.52. The SMILES string of the molecule is COc1ccc(C(NCC(=O)Nc2cccc(C(F)(F)F)c2)C2CC2)cc1. The van der Waals surface area contributed by atoms with Crippen molar-refractivity contribution < 1.29 is 22.7 Å². The molecule has 0 heterocycles. The maximum atomic E-state index is 12.8. The molecule has 0 aromatic heterocycles. The number of hydrogen-bond acceptors (Lipinski definition) is 3. The van der Waals surface area contributed by atoms with Crippen molar-refractivity contribution in [2.75, 3.05) is 19.0 Å². The number of nitrogens with one attached hydrogen (secondary N) is 2. The first-order chi connectivity index (χ1) is 12.9. The molecule has 1 unspecified atom stereocenters. The van der Waals surface area contributed by atoms with Gasteiger partial charge < -0.3 is 15.4 Å². The average Bonchev–Trinajstić information content (AvgIpc) is 3.47. The van der Waals surface area contributed by atoms with Gasteiger partial charge in [0.15, 0.2) is 0 Å². The first-order valence-electron chi connectivity index (χ1n) is 8.71. The number of alkyl halides is 3. The van der Waals surface area contributed by atoms with Gasteiger partial charge in [0.25, 0.3) is 0 Å². The second kappa shape index (κ2) is 8.00. The van der Waals surface area contributed by atoms with Gasteiger partial charge in [-0.05, 0) is 54.7 Å². The van der Waals surface area contributed by atoms with Gasteiger partial charge in [-0.25, -0.2) is 0 Å². The maximum Gasteiger partial charge on any atom is 0.416 e. The Balaban J connectivity index is 1.60. The number of carbonyl (C=O) groups is 1. The van der Waals surface area contributed by atoms with Crippen LogP contribution in [0.15, 0.2) is 48.5 Å². The van der Waals surface area contributed by atoms with E-state index in [1.54, 1.807) is 7.11 Å². The van der Waals surface area contributed by atoms with Crippen LogP contribution in [0.5, 0.6) is 5.75 Å². The quantitative estimate of drug-likeness (QED) is 0.751. The van der Waals surface area contributed by atoms with E-state index in [-0.39, 0.29) is 24.2 Å². The smallest absolute Gasteiger partial charge is 0.416 e. The van der Waals surface area contributed by atoms with Crippen LogP contribution in [0.2, 0.25) is 0 Å². The van der Waals surface area contributed by atoms with Crippen LogP contribution in [0.25, 0.3) is 0 Å². The maximum absolute atomic E-state index is 12.8. The highest BCUT2D eigenvalue weighted by Crippen LogP contribution is 2.41. The minimum Gasteiger partial charge on any atom is -0.497 e. The number of amides is 1. The fourth-order valence-corrected chi connectivity index (χ4v) is 2.98. The monoisotopic (exact) mass is 378 g/mol. The van der Waals surface area contributed by atoms with Gasteiger partial charge in [0.1, 0.15) is 5.75 Å². The van der Waals surface area contributed by atoms with E-state index in [4.69, 9.17) is 4.74 Å². The zero-order chi connectivity index (χ0) is 19.4. The molecular weight excluding hydrogens is 357 g/mol. The van der Waals surface area contributed by atoms with E-state index >= 15 is 0 Å². The van der Waals surface area contributed by atoms with Gasteiger partial charge in [0, 0.05) is 11.7 Å². The highest BCUT2D eigenvalue weighted by molar-refractivity contribution is 5.92. The van der Waals surface area contributed by atoms with E-state index in [9.17, 15) is 18.0 Å². The number of ether oxygens (including phenoxy) is 1. The predicted molar refractivity (Wildman–Crippen MR) is 96.5 cm³/mol. The molecule has 3 rings (SSSR count). The number of anilines is 1. The summed E-state index contributed by atoms with van der Waals surface area (Å²) >= 11 is 0. The highest BCUT2D eigenvalue weighted by atomic mass is 19.4.